The zero-order valence-electron chi connectivity index (χ0n) is 30.6. The van der Waals surface area contributed by atoms with Gasteiger partial charge in [0.1, 0.15) is 12.2 Å². The van der Waals surface area contributed by atoms with Crippen LogP contribution >= 0.6 is 0 Å². The third-order valence-corrected chi connectivity index (χ3v) is 9.48. The number of amides is 1. The van der Waals surface area contributed by atoms with Gasteiger partial charge < -0.3 is 25.7 Å². The first kappa shape index (κ1) is 45.0. The Morgan fingerprint density at radius 1 is 0.522 bits per heavy atom. The van der Waals surface area contributed by atoms with Gasteiger partial charge in [-0.3, -0.25) is 4.79 Å². The summed E-state index contributed by atoms with van der Waals surface area (Å²) in [4.78, 5) is 12.4. The SMILES string of the molecule is CCCCCCCCCCCCCCC/C=C/CCCC(O)C(O)C(CO)NC(=O)C(O)CCCCCCCCCCCCCC. The minimum absolute atomic E-state index is 0.367. The van der Waals surface area contributed by atoms with Crippen molar-refractivity contribution < 1.29 is 25.2 Å². The normalized spacial score (nSPS) is 14.5. The molecular formula is C40H79NO5. The molecule has 0 aliphatic rings. The fraction of sp³-hybridized carbons (Fsp3) is 0.925. The van der Waals surface area contributed by atoms with Gasteiger partial charge in [-0.05, 0) is 38.5 Å². The van der Waals surface area contributed by atoms with Crippen molar-refractivity contribution >= 4 is 5.91 Å². The van der Waals surface area contributed by atoms with E-state index in [4.69, 9.17) is 0 Å². The number of aliphatic hydroxyl groups is 4. The Balaban J connectivity index is 3.80. The predicted octanol–water partition coefficient (Wildman–Crippen LogP) is 9.85. The molecule has 0 aliphatic heterocycles. The van der Waals surface area contributed by atoms with Crippen molar-refractivity contribution in [1.29, 1.82) is 0 Å². The van der Waals surface area contributed by atoms with E-state index in [1.165, 1.54) is 141 Å². The second-order valence-corrected chi connectivity index (χ2v) is 14.0. The molecule has 0 radical (unpaired) electrons. The lowest BCUT2D eigenvalue weighted by Crippen LogP contribution is -2.53. The molecule has 0 aromatic rings. The monoisotopic (exact) mass is 654 g/mol. The molecule has 0 spiro atoms. The van der Waals surface area contributed by atoms with Crippen LogP contribution in [-0.2, 0) is 4.79 Å². The number of aliphatic hydroxyl groups excluding tert-OH is 4. The summed E-state index contributed by atoms with van der Waals surface area (Å²) in [5.41, 5.74) is 0. The van der Waals surface area contributed by atoms with E-state index in [1.54, 1.807) is 0 Å². The van der Waals surface area contributed by atoms with Crippen LogP contribution in [0.25, 0.3) is 0 Å². The topological polar surface area (TPSA) is 110 Å². The zero-order valence-corrected chi connectivity index (χ0v) is 30.6. The average molecular weight is 654 g/mol. The van der Waals surface area contributed by atoms with Crippen LogP contribution in [0.1, 0.15) is 206 Å². The van der Waals surface area contributed by atoms with Crippen LogP contribution in [0.2, 0.25) is 0 Å². The second-order valence-electron chi connectivity index (χ2n) is 14.0. The fourth-order valence-electron chi connectivity index (χ4n) is 6.23. The van der Waals surface area contributed by atoms with Crippen molar-refractivity contribution in [3.63, 3.8) is 0 Å². The molecule has 4 atom stereocenters. The van der Waals surface area contributed by atoms with Crippen molar-refractivity contribution in [2.24, 2.45) is 0 Å². The van der Waals surface area contributed by atoms with Crippen LogP contribution in [0.5, 0.6) is 0 Å². The van der Waals surface area contributed by atoms with Gasteiger partial charge in [-0.2, -0.15) is 0 Å². The summed E-state index contributed by atoms with van der Waals surface area (Å²) in [6.45, 7) is 4.02. The van der Waals surface area contributed by atoms with E-state index < -0.39 is 36.9 Å². The Hall–Kier alpha value is -0.950. The number of carbonyl (C=O) groups is 1. The first-order valence-electron chi connectivity index (χ1n) is 20.1. The molecule has 0 saturated carbocycles. The minimum Gasteiger partial charge on any atom is -0.394 e. The maximum Gasteiger partial charge on any atom is 0.249 e. The molecule has 0 aromatic carbocycles. The number of unbranched alkanes of at least 4 members (excludes halogenated alkanes) is 25. The predicted molar refractivity (Wildman–Crippen MR) is 196 cm³/mol. The summed E-state index contributed by atoms with van der Waals surface area (Å²) in [6.07, 6.45) is 36.7. The quantitative estimate of drug-likeness (QED) is 0.0342. The second kappa shape index (κ2) is 35.4. The van der Waals surface area contributed by atoms with Crippen molar-refractivity contribution in [2.45, 2.75) is 231 Å². The highest BCUT2D eigenvalue weighted by molar-refractivity contribution is 5.80. The van der Waals surface area contributed by atoms with Gasteiger partial charge in [0.05, 0.1) is 18.8 Å². The number of hydrogen-bond donors (Lipinski definition) is 5. The summed E-state index contributed by atoms with van der Waals surface area (Å²) < 4.78 is 0. The molecular weight excluding hydrogens is 574 g/mol. The van der Waals surface area contributed by atoms with Gasteiger partial charge in [-0.25, -0.2) is 0 Å². The Morgan fingerprint density at radius 2 is 0.891 bits per heavy atom. The van der Waals surface area contributed by atoms with E-state index in [0.29, 0.717) is 12.8 Å². The van der Waals surface area contributed by atoms with Crippen LogP contribution in [0, 0.1) is 0 Å². The largest absolute Gasteiger partial charge is 0.394 e. The van der Waals surface area contributed by atoms with Crippen molar-refractivity contribution in [2.75, 3.05) is 6.61 Å². The van der Waals surface area contributed by atoms with Crippen molar-refractivity contribution in [1.82, 2.24) is 5.32 Å². The molecule has 274 valence electrons. The first-order chi connectivity index (χ1) is 22.5. The summed E-state index contributed by atoms with van der Waals surface area (Å²) in [5.74, 6) is -0.593. The Kier molecular flexibility index (Phi) is 34.6. The number of hydrogen-bond acceptors (Lipinski definition) is 5. The smallest absolute Gasteiger partial charge is 0.249 e. The van der Waals surface area contributed by atoms with E-state index in [9.17, 15) is 25.2 Å². The van der Waals surface area contributed by atoms with Crippen molar-refractivity contribution in [3.05, 3.63) is 12.2 Å². The van der Waals surface area contributed by atoms with E-state index >= 15 is 0 Å². The van der Waals surface area contributed by atoms with Crippen LogP contribution in [0.4, 0.5) is 0 Å². The molecule has 1 amide bonds. The van der Waals surface area contributed by atoms with E-state index in [0.717, 1.165) is 38.5 Å². The van der Waals surface area contributed by atoms with Gasteiger partial charge in [-0.15, -0.1) is 0 Å². The van der Waals surface area contributed by atoms with Gasteiger partial charge in [0.15, 0.2) is 0 Å². The Labute approximate surface area is 285 Å². The molecule has 0 fully saturated rings. The number of rotatable bonds is 36. The maximum absolute atomic E-state index is 12.4. The Bertz CT molecular complexity index is 658. The molecule has 0 saturated heterocycles. The molecule has 0 bridgehead atoms. The van der Waals surface area contributed by atoms with E-state index in [-0.39, 0.29) is 0 Å². The molecule has 4 unspecified atom stereocenters. The van der Waals surface area contributed by atoms with E-state index in [1.807, 2.05) is 0 Å². The highest BCUT2D eigenvalue weighted by Crippen LogP contribution is 2.15. The summed E-state index contributed by atoms with van der Waals surface area (Å²) in [7, 11) is 0. The first-order valence-corrected chi connectivity index (χ1v) is 20.1. The molecule has 0 aliphatic carbocycles. The van der Waals surface area contributed by atoms with Crippen molar-refractivity contribution in [3.8, 4) is 0 Å². The molecule has 5 N–H and O–H groups in total. The molecule has 6 heteroatoms. The van der Waals surface area contributed by atoms with Gasteiger partial charge in [0, 0.05) is 0 Å². The number of allylic oxidation sites excluding steroid dienone is 2. The zero-order chi connectivity index (χ0) is 33.9. The maximum atomic E-state index is 12.4. The van der Waals surface area contributed by atoms with Crippen LogP contribution in [0.3, 0.4) is 0 Å². The standard InChI is InChI=1S/C40H79NO5/c1-3-5-7-9-11-13-15-17-18-19-20-21-22-24-25-27-29-31-33-37(43)39(45)36(35-42)41-40(46)38(44)34-32-30-28-26-23-16-14-12-10-8-6-4-2/h25,27,36-39,42-45H,3-24,26,28-35H2,1-2H3,(H,41,46)/b27-25+. The number of carbonyl (C=O) groups excluding carboxylic acids is 1. The highest BCUT2D eigenvalue weighted by atomic mass is 16.3. The van der Waals surface area contributed by atoms with Gasteiger partial charge in [0.2, 0.25) is 5.91 Å². The summed E-state index contributed by atoms with van der Waals surface area (Å²) >= 11 is 0. The van der Waals surface area contributed by atoms with Crippen LogP contribution in [-0.4, -0.2) is 57.3 Å². The lowest BCUT2D eigenvalue weighted by Gasteiger charge is -2.27. The molecule has 0 aromatic heterocycles. The van der Waals surface area contributed by atoms with Gasteiger partial charge in [-0.1, -0.05) is 180 Å². The minimum atomic E-state index is -1.28. The molecule has 6 nitrogen and oxygen atoms in total. The van der Waals surface area contributed by atoms with Gasteiger partial charge >= 0.3 is 0 Å². The van der Waals surface area contributed by atoms with E-state index in [2.05, 4.69) is 31.3 Å². The molecule has 46 heavy (non-hydrogen) atoms. The third kappa shape index (κ3) is 29.2. The fourth-order valence-corrected chi connectivity index (χ4v) is 6.23. The van der Waals surface area contributed by atoms with Gasteiger partial charge in [0.25, 0.3) is 0 Å². The summed E-state index contributed by atoms with van der Waals surface area (Å²) in [6, 6.07) is -0.995. The lowest BCUT2D eigenvalue weighted by atomic mass is 10.00. The Morgan fingerprint density at radius 3 is 1.30 bits per heavy atom. The number of nitrogens with one attached hydrogen (secondary N) is 1. The summed E-state index contributed by atoms with van der Waals surface area (Å²) in [5, 5.41) is 43.5. The lowest BCUT2D eigenvalue weighted by molar-refractivity contribution is -0.132. The average Bonchev–Trinajstić information content (AvgIpc) is 3.06. The molecule has 0 rings (SSSR count). The van der Waals surface area contributed by atoms with Crippen LogP contribution < -0.4 is 5.32 Å². The molecule has 0 heterocycles. The van der Waals surface area contributed by atoms with Crippen LogP contribution in [0.15, 0.2) is 12.2 Å². The highest BCUT2D eigenvalue weighted by Gasteiger charge is 2.28. The third-order valence-electron chi connectivity index (χ3n) is 9.48.